The van der Waals surface area contributed by atoms with Crippen LogP contribution in [0.5, 0.6) is 0 Å². The van der Waals surface area contributed by atoms with Crippen molar-refractivity contribution in [2.24, 2.45) is 13.0 Å². The fraction of sp³-hybridized carbons (Fsp3) is 0.500. The molecule has 0 fully saturated rings. The van der Waals surface area contributed by atoms with Crippen molar-refractivity contribution in [2.75, 3.05) is 6.54 Å². The highest BCUT2D eigenvalue weighted by Crippen LogP contribution is 2.18. The summed E-state index contributed by atoms with van der Waals surface area (Å²) in [7, 11) is 1.79. The quantitative estimate of drug-likeness (QED) is 0.904. The first kappa shape index (κ1) is 12.9. The van der Waals surface area contributed by atoms with Gasteiger partial charge in [-0.25, -0.2) is 4.98 Å². The minimum atomic E-state index is -0.0537. The molecule has 0 saturated carbocycles. The summed E-state index contributed by atoms with van der Waals surface area (Å²) >= 11 is 0. The molecule has 106 valence electrons. The lowest BCUT2D eigenvalue weighted by atomic mass is 9.98. The Bertz CT molecular complexity index is 627. The number of imidazole rings is 1. The van der Waals surface area contributed by atoms with E-state index >= 15 is 0 Å². The summed E-state index contributed by atoms with van der Waals surface area (Å²) < 4.78 is 3.81. The molecule has 1 amide bonds. The second-order valence-electron chi connectivity index (χ2n) is 5.40. The SMILES string of the molecule is Cc1cc(C(=O)NCC2CCn3ccnc3C2)n(C)n1. The van der Waals surface area contributed by atoms with Crippen molar-refractivity contribution >= 4 is 5.91 Å². The minimum absolute atomic E-state index is 0.0537. The van der Waals surface area contributed by atoms with E-state index in [-0.39, 0.29) is 5.91 Å². The number of hydrogen-bond donors (Lipinski definition) is 1. The van der Waals surface area contributed by atoms with Crippen LogP contribution in [0.3, 0.4) is 0 Å². The number of hydrogen-bond acceptors (Lipinski definition) is 3. The zero-order valence-corrected chi connectivity index (χ0v) is 11.8. The molecule has 0 aromatic carbocycles. The molecule has 3 heterocycles. The number of aromatic nitrogens is 4. The molecule has 20 heavy (non-hydrogen) atoms. The second-order valence-corrected chi connectivity index (χ2v) is 5.40. The Kier molecular flexibility index (Phi) is 3.30. The normalized spacial score (nSPS) is 17.8. The van der Waals surface area contributed by atoms with Crippen LogP contribution in [0.4, 0.5) is 0 Å². The Balaban J connectivity index is 1.58. The van der Waals surface area contributed by atoms with E-state index in [1.54, 1.807) is 11.7 Å². The first-order valence-corrected chi connectivity index (χ1v) is 6.92. The lowest BCUT2D eigenvalue weighted by Gasteiger charge is -2.23. The molecule has 1 aliphatic rings. The number of nitrogens with zero attached hydrogens (tertiary/aromatic N) is 4. The van der Waals surface area contributed by atoms with Crippen LogP contribution < -0.4 is 5.32 Å². The first-order chi connectivity index (χ1) is 9.63. The van der Waals surface area contributed by atoms with Gasteiger partial charge in [0.05, 0.1) is 5.69 Å². The molecule has 1 N–H and O–H groups in total. The van der Waals surface area contributed by atoms with Crippen LogP contribution in [0.2, 0.25) is 0 Å². The Labute approximate surface area is 117 Å². The number of aryl methyl sites for hydroxylation is 3. The molecule has 2 aromatic heterocycles. The van der Waals surface area contributed by atoms with E-state index in [0.717, 1.165) is 30.9 Å². The first-order valence-electron chi connectivity index (χ1n) is 6.92. The van der Waals surface area contributed by atoms with Crippen LogP contribution in [-0.2, 0) is 20.0 Å². The van der Waals surface area contributed by atoms with E-state index in [1.165, 1.54) is 0 Å². The summed E-state index contributed by atoms with van der Waals surface area (Å²) in [6.45, 7) is 3.56. The minimum Gasteiger partial charge on any atom is -0.350 e. The smallest absolute Gasteiger partial charge is 0.269 e. The average molecular weight is 273 g/mol. The second kappa shape index (κ2) is 5.11. The zero-order valence-electron chi connectivity index (χ0n) is 11.8. The van der Waals surface area contributed by atoms with E-state index in [1.807, 2.05) is 25.4 Å². The molecular weight excluding hydrogens is 254 g/mol. The van der Waals surface area contributed by atoms with Gasteiger partial charge >= 0.3 is 0 Å². The van der Waals surface area contributed by atoms with Crippen LogP contribution in [0.1, 0.15) is 28.4 Å². The van der Waals surface area contributed by atoms with Gasteiger partial charge < -0.3 is 9.88 Å². The zero-order chi connectivity index (χ0) is 14.1. The van der Waals surface area contributed by atoms with Gasteiger partial charge in [-0.3, -0.25) is 9.48 Å². The molecule has 2 aromatic rings. The van der Waals surface area contributed by atoms with Gasteiger partial charge in [0.25, 0.3) is 5.91 Å². The van der Waals surface area contributed by atoms with Crippen molar-refractivity contribution in [3.63, 3.8) is 0 Å². The van der Waals surface area contributed by atoms with Crippen LogP contribution in [-0.4, -0.2) is 31.8 Å². The predicted octanol–water partition coefficient (Wildman–Crippen LogP) is 0.917. The molecular formula is C14H19N5O. The van der Waals surface area contributed by atoms with E-state index in [0.29, 0.717) is 18.2 Å². The maximum atomic E-state index is 12.1. The number of nitrogens with one attached hydrogen (secondary N) is 1. The van der Waals surface area contributed by atoms with E-state index < -0.39 is 0 Å². The third-order valence-corrected chi connectivity index (χ3v) is 3.84. The third kappa shape index (κ3) is 2.45. The monoisotopic (exact) mass is 273 g/mol. The molecule has 1 atom stereocenters. The summed E-state index contributed by atoms with van der Waals surface area (Å²) in [5.74, 6) is 1.53. The van der Waals surface area contributed by atoms with Gasteiger partial charge in [0.1, 0.15) is 11.5 Å². The van der Waals surface area contributed by atoms with Crippen LogP contribution >= 0.6 is 0 Å². The van der Waals surface area contributed by atoms with Gasteiger partial charge in [-0.1, -0.05) is 0 Å². The summed E-state index contributed by atoms with van der Waals surface area (Å²) in [6, 6.07) is 1.81. The molecule has 6 heteroatoms. The lowest BCUT2D eigenvalue weighted by molar-refractivity contribution is 0.0935. The van der Waals surface area contributed by atoms with Crippen LogP contribution in [0, 0.1) is 12.8 Å². The van der Waals surface area contributed by atoms with Gasteiger partial charge in [-0.2, -0.15) is 5.10 Å². The van der Waals surface area contributed by atoms with Gasteiger partial charge in [0.2, 0.25) is 0 Å². The van der Waals surface area contributed by atoms with Gasteiger partial charge in [-0.05, 0) is 25.3 Å². The lowest BCUT2D eigenvalue weighted by Crippen LogP contribution is -2.34. The Hall–Kier alpha value is -2.11. The van der Waals surface area contributed by atoms with E-state index in [9.17, 15) is 4.79 Å². The van der Waals surface area contributed by atoms with Gasteiger partial charge in [0.15, 0.2) is 0 Å². The number of amides is 1. The van der Waals surface area contributed by atoms with Crippen molar-refractivity contribution in [1.29, 1.82) is 0 Å². The number of fused-ring (bicyclic) bond motifs is 1. The molecule has 0 spiro atoms. The average Bonchev–Trinajstić information content (AvgIpc) is 3.01. The maximum absolute atomic E-state index is 12.1. The predicted molar refractivity (Wildman–Crippen MR) is 74.3 cm³/mol. The summed E-state index contributed by atoms with van der Waals surface area (Å²) in [5, 5.41) is 7.20. The van der Waals surface area contributed by atoms with Crippen molar-refractivity contribution in [2.45, 2.75) is 26.3 Å². The molecule has 6 nitrogen and oxygen atoms in total. The highest BCUT2D eigenvalue weighted by molar-refractivity contribution is 5.92. The molecule has 0 saturated heterocycles. The fourth-order valence-corrected chi connectivity index (χ4v) is 2.74. The largest absolute Gasteiger partial charge is 0.350 e. The van der Waals surface area contributed by atoms with Gasteiger partial charge in [0, 0.05) is 39.0 Å². The Morgan fingerprint density at radius 2 is 2.40 bits per heavy atom. The topological polar surface area (TPSA) is 64.7 Å². The molecule has 1 unspecified atom stereocenters. The number of carbonyl (C=O) groups is 1. The van der Waals surface area contributed by atoms with E-state index in [4.69, 9.17) is 0 Å². The standard InChI is InChI=1S/C14H19N5O/c1-10-7-12(18(2)17-10)14(20)16-9-11-3-5-19-6-4-15-13(19)8-11/h4,6-7,11H,3,5,8-9H2,1-2H3,(H,16,20). The molecule has 0 aliphatic carbocycles. The molecule has 1 aliphatic heterocycles. The maximum Gasteiger partial charge on any atom is 0.269 e. The molecule has 3 rings (SSSR count). The van der Waals surface area contributed by atoms with Crippen LogP contribution in [0.15, 0.2) is 18.5 Å². The van der Waals surface area contributed by atoms with Crippen molar-refractivity contribution in [3.8, 4) is 0 Å². The Morgan fingerprint density at radius 1 is 1.55 bits per heavy atom. The fourth-order valence-electron chi connectivity index (χ4n) is 2.74. The molecule has 0 radical (unpaired) electrons. The van der Waals surface area contributed by atoms with Crippen LogP contribution in [0.25, 0.3) is 0 Å². The number of rotatable bonds is 3. The van der Waals surface area contributed by atoms with Gasteiger partial charge in [-0.15, -0.1) is 0 Å². The molecule has 0 bridgehead atoms. The third-order valence-electron chi connectivity index (χ3n) is 3.84. The summed E-state index contributed by atoms with van der Waals surface area (Å²) in [5.41, 5.74) is 1.47. The van der Waals surface area contributed by atoms with Crippen molar-refractivity contribution in [1.82, 2.24) is 24.6 Å². The summed E-state index contributed by atoms with van der Waals surface area (Å²) in [4.78, 5) is 16.5. The van der Waals surface area contributed by atoms with Crippen molar-refractivity contribution < 1.29 is 4.79 Å². The Morgan fingerprint density at radius 3 is 3.15 bits per heavy atom. The van der Waals surface area contributed by atoms with Crippen molar-refractivity contribution in [3.05, 3.63) is 35.7 Å². The highest BCUT2D eigenvalue weighted by Gasteiger charge is 2.20. The van der Waals surface area contributed by atoms with E-state index in [2.05, 4.69) is 20.0 Å². The highest BCUT2D eigenvalue weighted by atomic mass is 16.2. The number of carbonyl (C=O) groups excluding carboxylic acids is 1. The summed E-state index contributed by atoms with van der Waals surface area (Å²) in [6.07, 6.45) is 5.86.